The first kappa shape index (κ1) is 13.7. The summed E-state index contributed by atoms with van der Waals surface area (Å²) in [5.74, 6) is 1.75. The van der Waals surface area contributed by atoms with Crippen LogP contribution in [0.25, 0.3) is 0 Å². The Morgan fingerprint density at radius 3 is 3.00 bits per heavy atom. The molecule has 3 heteroatoms. The Bertz CT molecular complexity index is 462. The molecular weight excluding hydrogens is 234 g/mol. The molecule has 0 radical (unpaired) electrons. The Morgan fingerprint density at radius 1 is 1.42 bits per heavy atom. The first-order chi connectivity index (χ1) is 9.19. The van der Waals surface area contributed by atoms with Crippen LogP contribution in [-0.2, 0) is 0 Å². The molecule has 0 heterocycles. The summed E-state index contributed by atoms with van der Waals surface area (Å²) in [6, 6.07) is 7.69. The first-order valence-corrected chi connectivity index (χ1v) is 7.22. The van der Waals surface area contributed by atoms with Crippen LogP contribution >= 0.6 is 0 Å². The molecule has 102 valence electrons. The van der Waals surface area contributed by atoms with Gasteiger partial charge in [-0.05, 0) is 42.9 Å². The largest absolute Gasteiger partial charge is 0.398 e. The molecule has 1 aliphatic rings. The van der Waals surface area contributed by atoms with E-state index in [9.17, 15) is 0 Å². The van der Waals surface area contributed by atoms with Crippen molar-refractivity contribution in [2.45, 2.75) is 39.0 Å². The predicted molar refractivity (Wildman–Crippen MR) is 79.8 cm³/mol. The summed E-state index contributed by atoms with van der Waals surface area (Å²) in [7, 11) is 0. The van der Waals surface area contributed by atoms with Crippen LogP contribution in [0.5, 0.6) is 0 Å². The molecule has 2 rings (SSSR count). The summed E-state index contributed by atoms with van der Waals surface area (Å²) in [5, 5.41) is 12.3. The van der Waals surface area contributed by atoms with Gasteiger partial charge < -0.3 is 11.1 Å². The zero-order chi connectivity index (χ0) is 13.7. The van der Waals surface area contributed by atoms with Gasteiger partial charge in [-0.25, -0.2) is 0 Å². The van der Waals surface area contributed by atoms with E-state index >= 15 is 0 Å². The van der Waals surface area contributed by atoms with Crippen LogP contribution in [0.3, 0.4) is 0 Å². The van der Waals surface area contributed by atoms with Crippen LogP contribution in [-0.4, -0.2) is 6.54 Å². The topological polar surface area (TPSA) is 61.8 Å². The lowest BCUT2D eigenvalue weighted by atomic mass is 9.81. The van der Waals surface area contributed by atoms with Gasteiger partial charge in [-0.3, -0.25) is 0 Å². The number of nitrogens with zero attached hydrogens (tertiary/aromatic N) is 1. The molecule has 1 saturated carbocycles. The summed E-state index contributed by atoms with van der Waals surface area (Å²) in [4.78, 5) is 0. The fourth-order valence-corrected chi connectivity index (χ4v) is 3.01. The standard InChI is InChI=1S/C16H23N3/c1-12-3-2-4-13(9-12)7-8-19-15-5-6-16(18)14(10-15)11-17/h5-6,10,12-13,19H,2-4,7-9,18H2,1H3. The van der Waals surface area contributed by atoms with Crippen molar-refractivity contribution in [3.05, 3.63) is 23.8 Å². The second-order valence-corrected chi connectivity index (χ2v) is 5.77. The lowest BCUT2D eigenvalue weighted by molar-refractivity contribution is 0.274. The highest BCUT2D eigenvalue weighted by Gasteiger charge is 2.18. The van der Waals surface area contributed by atoms with E-state index in [1.165, 1.54) is 32.1 Å². The Morgan fingerprint density at radius 2 is 2.26 bits per heavy atom. The molecule has 0 amide bonds. The van der Waals surface area contributed by atoms with Crippen molar-refractivity contribution in [2.75, 3.05) is 17.6 Å². The molecule has 0 saturated heterocycles. The first-order valence-electron chi connectivity index (χ1n) is 7.22. The van der Waals surface area contributed by atoms with Crippen molar-refractivity contribution in [1.82, 2.24) is 0 Å². The maximum Gasteiger partial charge on any atom is 0.101 e. The van der Waals surface area contributed by atoms with Gasteiger partial charge in [0.2, 0.25) is 0 Å². The molecule has 2 unspecified atom stereocenters. The van der Waals surface area contributed by atoms with E-state index in [4.69, 9.17) is 11.0 Å². The van der Waals surface area contributed by atoms with E-state index in [0.29, 0.717) is 11.3 Å². The van der Waals surface area contributed by atoms with E-state index in [-0.39, 0.29) is 0 Å². The third kappa shape index (κ3) is 3.89. The monoisotopic (exact) mass is 257 g/mol. The normalized spacial score (nSPS) is 22.7. The summed E-state index contributed by atoms with van der Waals surface area (Å²) < 4.78 is 0. The van der Waals surface area contributed by atoms with Crippen LogP contribution in [0.1, 0.15) is 44.6 Å². The number of rotatable bonds is 4. The zero-order valence-corrected chi connectivity index (χ0v) is 11.7. The van der Waals surface area contributed by atoms with Crippen LogP contribution in [0.2, 0.25) is 0 Å². The van der Waals surface area contributed by atoms with Gasteiger partial charge in [0.25, 0.3) is 0 Å². The number of nitrogens with two attached hydrogens (primary N) is 1. The van der Waals surface area contributed by atoms with Gasteiger partial charge in [-0.1, -0.05) is 26.2 Å². The smallest absolute Gasteiger partial charge is 0.101 e. The number of nitrogens with one attached hydrogen (secondary N) is 1. The molecule has 0 aromatic heterocycles. The third-order valence-electron chi connectivity index (χ3n) is 4.10. The van der Waals surface area contributed by atoms with Gasteiger partial charge in [0.1, 0.15) is 6.07 Å². The van der Waals surface area contributed by atoms with E-state index in [0.717, 1.165) is 24.1 Å². The van der Waals surface area contributed by atoms with Gasteiger partial charge >= 0.3 is 0 Å². The molecule has 0 spiro atoms. The molecular formula is C16H23N3. The maximum atomic E-state index is 8.94. The SMILES string of the molecule is CC1CCCC(CCNc2ccc(N)c(C#N)c2)C1. The molecule has 0 aliphatic heterocycles. The lowest BCUT2D eigenvalue weighted by Crippen LogP contribution is -2.16. The number of hydrogen-bond acceptors (Lipinski definition) is 3. The van der Waals surface area contributed by atoms with Crippen molar-refractivity contribution < 1.29 is 0 Å². The van der Waals surface area contributed by atoms with Crippen molar-refractivity contribution >= 4 is 11.4 Å². The average molecular weight is 257 g/mol. The fourth-order valence-electron chi connectivity index (χ4n) is 3.01. The lowest BCUT2D eigenvalue weighted by Gasteiger charge is -2.26. The van der Waals surface area contributed by atoms with Crippen LogP contribution in [0.4, 0.5) is 11.4 Å². The van der Waals surface area contributed by atoms with E-state index < -0.39 is 0 Å². The number of benzene rings is 1. The Balaban J connectivity index is 1.81. The summed E-state index contributed by atoms with van der Waals surface area (Å²) in [5.41, 5.74) is 7.81. The van der Waals surface area contributed by atoms with Gasteiger partial charge in [0.05, 0.1) is 5.56 Å². The molecule has 3 nitrogen and oxygen atoms in total. The van der Waals surface area contributed by atoms with Crippen molar-refractivity contribution in [2.24, 2.45) is 11.8 Å². The average Bonchev–Trinajstić information content (AvgIpc) is 2.41. The molecule has 1 aromatic rings. The van der Waals surface area contributed by atoms with Crippen LogP contribution < -0.4 is 11.1 Å². The van der Waals surface area contributed by atoms with Gasteiger partial charge in [0.15, 0.2) is 0 Å². The molecule has 1 aromatic carbocycles. The van der Waals surface area contributed by atoms with Crippen molar-refractivity contribution in [1.29, 1.82) is 5.26 Å². The minimum absolute atomic E-state index is 0.550. The molecule has 19 heavy (non-hydrogen) atoms. The Hall–Kier alpha value is -1.69. The van der Waals surface area contributed by atoms with Crippen molar-refractivity contribution in [3.63, 3.8) is 0 Å². The second-order valence-electron chi connectivity index (χ2n) is 5.77. The maximum absolute atomic E-state index is 8.94. The summed E-state index contributed by atoms with van der Waals surface area (Å²) in [6.07, 6.45) is 6.74. The molecule has 1 aliphatic carbocycles. The Labute approximate surface area is 115 Å². The van der Waals surface area contributed by atoms with Crippen molar-refractivity contribution in [3.8, 4) is 6.07 Å². The highest BCUT2D eigenvalue weighted by atomic mass is 14.9. The number of anilines is 2. The van der Waals surface area contributed by atoms with Crippen LogP contribution in [0, 0.1) is 23.2 Å². The van der Waals surface area contributed by atoms with Crippen LogP contribution in [0.15, 0.2) is 18.2 Å². The van der Waals surface area contributed by atoms with Gasteiger partial charge in [-0.15, -0.1) is 0 Å². The third-order valence-corrected chi connectivity index (χ3v) is 4.10. The minimum atomic E-state index is 0.550. The molecule has 0 bridgehead atoms. The van der Waals surface area contributed by atoms with E-state index in [1.54, 1.807) is 6.07 Å². The predicted octanol–water partition coefficient (Wildman–Crippen LogP) is 3.77. The Kier molecular flexibility index (Phi) is 4.68. The number of nitrogen functional groups attached to an aromatic ring is 1. The fraction of sp³-hybridized carbons (Fsp3) is 0.562. The minimum Gasteiger partial charge on any atom is -0.398 e. The van der Waals surface area contributed by atoms with Gasteiger partial charge in [-0.2, -0.15) is 5.26 Å². The summed E-state index contributed by atoms with van der Waals surface area (Å²) >= 11 is 0. The zero-order valence-electron chi connectivity index (χ0n) is 11.7. The number of nitriles is 1. The summed E-state index contributed by atoms with van der Waals surface area (Å²) in [6.45, 7) is 3.34. The number of hydrogen-bond donors (Lipinski definition) is 2. The van der Waals surface area contributed by atoms with Gasteiger partial charge in [0, 0.05) is 17.9 Å². The highest BCUT2D eigenvalue weighted by Crippen LogP contribution is 2.30. The van der Waals surface area contributed by atoms with E-state index in [2.05, 4.69) is 18.3 Å². The molecule has 2 atom stereocenters. The quantitative estimate of drug-likeness (QED) is 0.807. The molecule has 1 fully saturated rings. The molecule has 3 N–H and O–H groups in total. The van der Waals surface area contributed by atoms with E-state index in [1.807, 2.05) is 12.1 Å². The second kappa shape index (κ2) is 6.47. The highest BCUT2D eigenvalue weighted by molar-refractivity contribution is 5.61.